The van der Waals surface area contributed by atoms with Crippen LogP contribution in [0.5, 0.6) is 0 Å². The van der Waals surface area contributed by atoms with Crippen LogP contribution in [0.15, 0.2) is 59.6 Å². The Morgan fingerprint density at radius 2 is 1.64 bits per heavy atom. The number of guanidine groups is 1. The minimum absolute atomic E-state index is 0.0448. The van der Waals surface area contributed by atoms with Crippen LogP contribution >= 0.6 is 0 Å². The minimum Gasteiger partial charge on any atom is -0.465 e. The van der Waals surface area contributed by atoms with Gasteiger partial charge in [0, 0.05) is 20.6 Å². The lowest BCUT2D eigenvalue weighted by atomic mass is 10.1. The molecule has 0 spiro atoms. The number of aliphatic imine (C=N–C) groups is 1. The predicted octanol–water partition coefficient (Wildman–Crippen LogP) is 1.80. The zero-order valence-electron chi connectivity index (χ0n) is 16.4. The average Bonchev–Trinajstić information content (AvgIpc) is 2.73. The maximum Gasteiger partial charge on any atom is 0.337 e. The number of nitrogens with zero attached hydrogens (tertiary/aromatic N) is 2. The van der Waals surface area contributed by atoms with Gasteiger partial charge >= 0.3 is 5.97 Å². The van der Waals surface area contributed by atoms with Gasteiger partial charge in [0.2, 0.25) is 5.91 Å². The molecule has 2 N–H and O–H groups in total. The first-order valence-corrected chi connectivity index (χ1v) is 8.93. The summed E-state index contributed by atoms with van der Waals surface area (Å²) in [5, 5.41) is 6.27. The van der Waals surface area contributed by atoms with E-state index in [2.05, 4.69) is 15.6 Å². The van der Waals surface area contributed by atoms with Gasteiger partial charge in [0.15, 0.2) is 5.96 Å². The molecule has 0 aliphatic heterocycles. The van der Waals surface area contributed by atoms with Crippen LogP contribution in [-0.4, -0.2) is 50.5 Å². The zero-order chi connectivity index (χ0) is 20.4. The van der Waals surface area contributed by atoms with E-state index in [1.165, 1.54) is 12.0 Å². The third kappa shape index (κ3) is 6.75. The van der Waals surface area contributed by atoms with Crippen molar-refractivity contribution in [2.24, 2.45) is 4.99 Å². The molecule has 0 radical (unpaired) electrons. The highest BCUT2D eigenvalue weighted by molar-refractivity contribution is 5.89. The van der Waals surface area contributed by atoms with Crippen LogP contribution in [0.1, 0.15) is 21.5 Å². The quantitative estimate of drug-likeness (QED) is 0.433. The Morgan fingerprint density at radius 3 is 2.25 bits per heavy atom. The Morgan fingerprint density at radius 1 is 0.964 bits per heavy atom. The molecule has 2 rings (SSSR count). The Hall–Kier alpha value is -3.35. The van der Waals surface area contributed by atoms with Gasteiger partial charge < -0.3 is 20.3 Å². The molecule has 0 aromatic heterocycles. The second kappa shape index (κ2) is 10.7. The van der Waals surface area contributed by atoms with Gasteiger partial charge in [-0.25, -0.2) is 9.79 Å². The number of methoxy groups -OCH3 is 1. The zero-order valence-corrected chi connectivity index (χ0v) is 16.4. The number of hydrogen-bond donors (Lipinski definition) is 2. The molecule has 0 fully saturated rings. The average molecular weight is 382 g/mol. The number of esters is 1. The fourth-order valence-corrected chi connectivity index (χ4v) is 2.31. The summed E-state index contributed by atoms with van der Waals surface area (Å²) in [6.07, 6.45) is 0. The summed E-state index contributed by atoms with van der Waals surface area (Å²) in [5.41, 5.74) is 2.55. The number of hydrogen-bond acceptors (Lipinski definition) is 4. The summed E-state index contributed by atoms with van der Waals surface area (Å²) in [6.45, 7) is 1.14. The number of carbonyl (C=O) groups excluding carboxylic acids is 2. The number of amides is 1. The maximum atomic E-state index is 11.9. The van der Waals surface area contributed by atoms with Gasteiger partial charge in [0.05, 0.1) is 25.8 Å². The van der Waals surface area contributed by atoms with E-state index in [1.807, 2.05) is 42.5 Å². The molecule has 28 heavy (non-hydrogen) atoms. The number of benzene rings is 2. The van der Waals surface area contributed by atoms with Crippen LogP contribution in [0.25, 0.3) is 0 Å². The fourth-order valence-electron chi connectivity index (χ4n) is 2.31. The van der Waals surface area contributed by atoms with Crippen molar-refractivity contribution in [3.63, 3.8) is 0 Å². The monoisotopic (exact) mass is 382 g/mol. The summed E-state index contributed by atoms with van der Waals surface area (Å²) >= 11 is 0. The number of nitrogens with one attached hydrogen (secondary N) is 2. The van der Waals surface area contributed by atoms with Crippen molar-refractivity contribution in [1.29, 1.82) is 0 Å². The number of likely N-dealkylation sites (N-methyl/N-ethyl adjacent to an activating group) is 1. The SMILES string of the molecule is COC(=O)c1ccc(CNC(=NCc2ccccc2)NCC(=O)N(C)C)cc1. The molecule has 0 aliphatic carbocycles. The third-order valence-electron chi connectivity index (χ3n) is 4.00. The Kier molecular flexibility index (Phi) is 8.02. The molecule has 2 aromatic carbocycles. The molecule has 0 heterocycles. The summed E-state index contributed by atoms with van der Waals surface area (Å²) in [4.78, 5) is 29.4. The van der Waals surface area contributed by atoms with Crippen molar-refractivity contribution in [2.45, 2.75) is 13.1 Å². The first kappa shape index (κ1) is 21.0. The van der Waals surface area contributed by atoms with Gasteiger partial charge in [-0.3, -0.25) is 4.79 Å². The summed E-state index contributed by atoms with van der Waals surface area (Å²) in [7, 11) is 4.77. The van der Waals surface area contributed by atoms with Gasteiger partial charge in [0.25, 0.3) is 0 Å². The molecule has 2 aromatic rings. The molecule has 0 saturated carbocycles. The van der Waals surface area contributed by atoms with E-state index in [0.717, 1.165) is 11.1 Å². The molecule has 0 aliphatic rings. The number of carbonyl (C=O) groups is 2. The van der Waals surface area contributed by atoms with Crippen LogP contribution in [0.3, 0.4) is 0 Å². The largest absolute Gasteiger partial charge is 0.465 e. The van der Waals surface area contributed by atoms with E-state index < -0.39 is 0 Å². The molecule has 1 amide bonds. The van der Waals surface area contributed by atoms with E-state index in [9.17, 15) is 9.59 Å². The lowest BCUT2D eigenvalue weighted by Gasteiger charge is -2.15. The first-order chi connectivity index (χ1) is 13.5. The highest BCUT2D eigenvalue weighted by atomic mass is 16.5. The van der Waals surface area contributed by atoms with E-state index >= 15 is 0 Å². The molecule has 0 unspecified atom stereocenters. The van der Waals surface area contributed by atoms with Crippen molar-refractivity contribution in [3.8, 4) is 0 Å². The van der Waals surface area contributed by atoms with Gasteiger partial charge in [-0.1, -0.05) is 42.5 Å². The number of rotatable bonds is 7. The Bertz CT molecular complexity index is 802. The van der Waals surface area contributed by atoms with Crippen LogP contribution < -0.4 is 10.6 Å². The lowest BCUT2D eigenvalue weighted by Crippen LogP contribution is -2.42. The van der Waals surface area contributed by atoms with Gasteiger partial charge in [0.1, 0.15) is 0 Å². The Balaban J connectivity index is 2.01. The van der Waals surface area contributed by atoms with Gasteiger partial charge in [-0.2, -0.15) is 0 Å². The van der Waals surface area contributed by atoms with Crippen LogP contribution in [0.2, 0.25) is 0 Å². The van der Waals surface area contributed by atoms with Crippen molar-refractivity contribution in [3.05, 3.63) is 71.3 Å². The summed E-state index contributed by atoms with van der Waals surface area (Å²) < 4.78 is 4.70. The van der Waals surface area contributed by atoms with E-state index in [0.29, 0.717) is 24.6 Å². The Labute approximate surface area is 165 Å². The predicted molar refractivity (Wildman–Crippen MR) is 109 cm³/mol. The van der Waals surface area contributed by atoms with E-state index in [-0.39, 0.29) is 18.4 Å². The molecule has 148 valence electrons. The topological polar surface area (TPSA) is 83.0 Å². The van der Waals surface area contributed by atoms with Crippen molar-refractivity contribution in [1.82, 2.24) is 15.5 Å². The van der Waals surface area contributed by atoms with Crippen LogP contribution in [0, 0.1) is 0 Å². The fraction of sp³-hybridized carbons (Fsp3) is 0.286. The van der Waals surface area contributed by atoms with Crippen molar-refractivity contribution >= 4 is 17.8 Å². The van der Waals surface area contributed by atoms with Crippen LogP contribution in [0.4, 0.5) is 0 Å². The van der Waals surface area contributed by atoms with Gasteiger partial charge in [-0.15, -0.1) is 0 Å². The molecule has 0 saturated heterocycles. The lowest BCUT2D eigenvalue weighted by molar-refractivity contribution is -0.127. The highest BCUT2D eigenvalue weighted by Gasteiger charge is 2.07. The standard InChI is InChI=1S/C21H26N4O3/c1-25(2)19(26)15-24-21(22-13-16-7-5-4-6-8-16)23-14-17-9-11-18(12-10-17)20(27)28-3/h4-12H,13-15H2,1-3H3,(H2,22,23,24). The summed E-state index contributed by atoms with van der Waals surface area (Å²) in [6, 6.07) is 17.0. The molecule has 7 nitrogen and oxygen atoms in total. The van der Waals surface area contributed by atoms with Crippen molar-refractivity contribution < 1.29 is 14.3 Å². The summed E-state index contributed by atoms with van der Waals surface area (Å²) in [5.74, 6) is 0.126. The minimum atomic E-state index is -0.367. The molecule has 0 atom stereocenters. The normalized spacial score (nSPS) is 10.9. The molecular formula is C21H26N4O3. The van der Waals surface area contributed by atoms with E-state index in [1.54, 1.807) is 26.2 Å². The molecule has 7 heteroatoms. The van der Waals surface area contributed by atoms with E-state index in [4.69, 9.17) is 4.74 Å². The number of ether oxygens (including phenoxy) is 1. The van der Waals surface area contributed by atoms with Crippen LogP contribution in [-0.2, 0) is 22.6 Å². The second-order valence-corrected chi connectivity index (χ2v) is 6.33. The highest BCUT2D eigenvalue weighted by Crippen LogP contribution is 2.06. The third-order valence-corrected chi connectivity index (χ3v) is 4.00. The second-order valence-electron chi connectivity index (χ2n) is 6.33. The van der Waals surface area contributed by atoms with Gasteiger partial charge in [-0.05, 0) is 23.3 Å². The molecular weight excluding hydrogens is 356 g/mol. The smallest absolute Gasteiger partial charge is 0.337 e. The first-order valence-electron chi connectivity index (χ1n) is 8.93. The maximum absolute atomic E-state index is 11.9. The molecule has 0 bridgehead atoms. The van der Waals surface area contributed by atoms with Crippen molar-refractivity contribution in [2.75, 3.05) is 27.7 Å².